The lowest BCUT2D eigenvalue weighted by Gasteiger charge is -2.20. The molecule has 0 saturated heterocycles. The van der Waals surface area contributed by atoms with Gasteiger partial charge in [-0.1, -0.05) is 42.0 Å². The van der Waals surface area contributed by atoms with Crippen LogP contribution in [0.3, 0.4) is 0 Å². The van der Waals surface area contributed by atoms with Crippen molar-refractivity contribution in [2.75, 3.05) is 0 Å². The van der Waals surface area contributed by atoms with E-state index < -0.39 is 0 Å². The van der Waals surface area contributed by atoms with Crippen LogP contribution in [0.25, 0.3) is 22.6 Å². The molecule has 0 unspecified atom stereocenters. The number of pyridine rings is 1. The van der Waals surface area contributed by atoms with Crippen molar-refractivity contribution in [2.45, 2.75) is 12.8 Å². The summed E-state index contributed by atoms with van der Waals surface area (Å²) in [4.78, 5) is 4.53. The molecule has 1 heteroatoms. The lowest BCUT2D eigenvalue weighted by atomic mass is 9.83. The van der Waals surface area contributed by atoms with Gasteiger partial charge in [0.15, 0.2) is 0 Å². The van der Waals surface area contributed by atoms with Crippen molar-refractivity contribution >= 4 is 22.6 Å². The van der Waals surface area contributed by atoms with E-state index in [1.807, 2.05) is 6.20 Å². The highest BCUT2D eigenvalue weighted by molar-refractivity contribution is 6.02. The maximum atomic E-state index is 4.53. The van der Waals surface area contributed by atoms with Crippen LogP contribution >= 0.6 is 0 Å². The average Bonchev–Trinajstić information content (AvgIpc) is 2.79. The normalized spacial score (nSPS) is 18.8. The molecule has 2 aromatic rings. The maximum Gasteiger partial charge on any atom is 0.0714 e. The van der Waals surface area contributed by atoms with E-state index >= 15 is 0 Å². The Hall–Kier alpha value is -2.41. The first kappa shape index (κ1) is 10.4. The van der Waals surface area contributed by atoms with E-state index in [0.29, 0.717) is 0 Å². The third kappa shape index (κ3) is 1.25. The van der Waals surface area contributed by atoms with E-state index in [1.54, 1.807) is 0 Å². The number of hydrogen-bond donors (Lipinski definition) is 0. The lowest BCUT2D eigenvalue weighted by Crippen LogP contribution is -2.01. The van der Waals surface area contributed by atoms with Crippen LogP contribution in [0.4, 0.5) is 0 Å². The van der Waals surface area contributed by atoms with Crippen molar-refractivity contribution < 1.29 is 0 Å². The van der Waals surface area contributed by atoms with Crippen molar-refractivity contribution in [3.05, 3.63) is 76.5 Å². The lowest BCUT2D eigenvalue weighted by molar-refractivity contribution is 1.06. The molecular formula is C19H13N. The Labute approximate surface area is 117 Å². The summed E-state index contributed by atoms with van der Waals surface area (Å²) < 4.78 is 0. The number of allylic oxidation sites excluding steroid dienone is 7. The third-order valence-corrected chi connectivity index (χ3v) is 4.57. The fourth-order valence-electron chi connectivity index (χ4n) is 3.65. The van der Waals surface area contributed by atoms with Crippen molar-refractivity contribution in [2.24, 2.45) is 0 Å². The largest absolute Gasteiger partial charge is 0.256 e. The molecule has 3 aliphatic rings. The molecule has 1 aromatic heterocycles. The van der Waals surface area contributed by atoms with Crippen LogP contribution in [0.5, 0.6) is 0 Å². The van der Waals surface area contributed by atoms with Gasteiger partial charge in [0, 0.05) is 11.6 Å². The highest BCUT2D eigenvalue weighted by atomic mass is 14.6. The summed E-state index contributed by atoms with van der Waals surface area (Å²) in [5, 5.41) is 1.30. The minimum Gasteiger partial charge on any atom is -0.256 e. The SMILES string of the molecule is C1=Cc2ccnc3cccc(c23)C2=C1C1=CC=C(C1)C2. The zero-order chi connectivity index (χ0) is 13.1. The minimum absolute atomic E-state index is 1.08. The summed E-state index contributed by atoms with van der Waals surface area (Å²) in [6, 6.07) is 8.61. The molecule has 0 N–H and O–H groups in total. The first-order chi connectivity index (χ1) is 9.90. The van der Waals surface area contributed by atoms with E-state index in [2.05, 4.69) is 53.6 Å². The first-order valence-corrected chi connectivity index (χ1v) is 7.08. The molecule has 0 amide bonds. The number of fused-ring (bicyclic) bond motifs is 4. The van der Waals surface area contributed by atoms with Gasteiger partial charge >= 0.3 is 0 Å². The van der Waals surface area contributed by atoms with Crippen molar-refractivity contribution in [1.82, 2.24) is 4.98 Å². The molecule has 0 spiro atoms. The number of hydrogen-bond acceptors (Lipinski definition) is 1. The quantitative estimate of drug-likeness (QED) is 0.666. The zero-order valence-corrected chi connectivity index (χ0v) is 11.1. The molecule has 3 aliphatic carbocycles. The van der Waals surface area contributed by atoms with Crippen molar-refractivity contribution in [3.63, 3.8) is 0 Å². The average molecular weight is 255 g/mol. The highest BCUT2D eigenvalue weighted by Crippen LogP contribution is 2.45. The second-order valence-corrected chi connectivity index (χ2v) is 5.70. The van der Waals surface area contributed by atoms with Gasteiger partial charge in [-0.25, -0.2) is 0 Å². The molecule has 2 bridgehead atoms. The van der Waals surface area contributed by atoms with Gasteiger partial charge in [-0.15, -0.1) is 0 Å². The zero-order valence-electron chi connectivity index (χ0n) is 11.1. The van der Waals surface area contributed by atoms with Crippen LogP contribution in [-0.4, -0.2) is 4.98 Å². The number of nitrogens with zero attached hydrogens (tertiary/aromatic N) is 1. The Balaban J connectivity index is 1.93. The van der Waals surface area contributed by atoms with Gasteiger partial charge in [-0.05, 0) is 52.8 Å². The molecule has 0 aliphatic heterocycles. The molecule has 94 valence electrons. The smallest absolute Gasteiger partial charge is 0.0714 e. The van der Waals surface area contributed by atoms with E-state index in [4.69, 9.17) is 0 Å². The standard InChI is InChI=1S/C19H13N/c1-2-16-17-11-12-4-5-14(10-12)15(17)7-6-13-8-9-20-18(3-1)19(13)16/h1-9H,10-11H2. The maximum absolute atomic E-state index is 4.53. The van der Waals surface area contributed by atoms with Crippen LogP contribution in [0.2, 0.25) is 0 Å². The number of benzene rings is 1. The van der Waals surface area contributed by atoms with Gasteiger partial charge in [0.2, 0.25) is 0 Å². The van der Waals surface area contributed by atoms with Crippen LogP contribution in [0.1, 0.15) is 24.0 Å². The van der Waals surface area contributed by atoms with Crippen LogP contribution in [0, 0.1) is 0 Å². The summed E-state index contributed by atoms with van der Waals surface area (Å²) in [6.07, 6.45) is 13.2. The van der Waals surface area contributed by atoms with E-state index in [9.17, 15) is 0 Å². The Morgan fingerprint density at radius 2 is 1.95 bits per heavy atom. The van der Waals surface area contributed by atoms with Gasteiger partial charge < -0.3 is 0 Å². The van der Waals surface area contributed by atoms with Gasteiger partial charge in [-0.3, -0.25) is 4.98 Å². The van der Waals surface area contributed by atoms with Crippen molar-refractivity contribution in [1.29, 1.82) is 0 Å². The van der Waals surface area contributed by atoms with Crippen LogP contribution in [0.15, 0.2) is 65.4 Å². The molecule has 0 atom stereocenters. The summed E-state index contributed by atoms with van der Waals surface area (Å²) in [7, 11) is 0. The minimum atomic E-state index is 1.08. The predicted octanol–water partition coefficient (Wildman–Crippen LogP) is 4.68. The summed E-state index contributed by atoms with van der Waals surface area (Å²) in [5.41, 5.74) is 9.64. The fraction of sp³-hybridized carbons (Fsp3) is 0.105. The summed E-state index contributed by atoms with van der Waals surface area (Å²) in [6.45, 7) is 0. The first-order valence-electron chi connectivity index (χ1n) is 7.08. The molecule has 5 rings (SSSR count). The monoisotopic (exact) mass is 255 g/mol. The third-order valence-electron chi connectivity index (χ3n) is 4.57. The van der Waals surface area contributed by atoms with Gasteiger partial charge in [0.05, 0.1) is 5.52 Å². The predicted molar refractivity (Wildman–Crippen MR) is 83.1 cm³/mol. The Bertz CT molecular complexity index is 886. The summed E-state index contributed by atoms with van der Waals surface area (Å²) >= 11 is 0. The Kier molecular flexibility index (Phi) is 1.86. The molecule has 1 aromatic carbocycles. The second kappa shape index (κ2) is 3.57. The van der Waals surface area contributed by atoms with Crippen LogP contribution in [-0.2, 0) is 0 Å². The highest BCUT2D eigenvalue weighted by Gasteiger charge is 2.25. The van der Waals surface area contributed by atoms with Gasteiger partial charge in [0.1, 0.15) is 0 Å². The Morgan fingerprint density at radius 3 is 2.95 bits per heavy atom. The van der Waals surface area contributed by atoms with Gasteiger partial charge in [0.25, 0.3) is 0 Å². The number of rotatable bonds is 0. The molecule has 0 saturated carbocycles. The van der Waals surface area contributed by atoms with E-state index in [-0.39, 0.29) is 0 Å². The van der Waals surface area contributed by atoms with Crippen molar-refractivity contribution in [3.8, 4) is 0 Å². The molecule has 20 heavy (non-hydrogen) atoms. The van der Waals surface area contributed by atoms with E-state index in [0.717, 1.165) is 18.4 Å². The van der Waals surface area contributed by atoms with Crippen LogP contribution < -0.4 is 0 Å². The Morgan fingerprint density at radius 1 is 0.950 bits per heavy atom. The molecular weight excluding hydrogens is 242 g/mol. The summed E-state index contributed by atoms with van der Waals surface area (Å²) in [5.74, 6) is 0. The molecule has 1 heterocycles. The molecule has 0 radical (unpaired) electrons. The molecule has 0 fully saturated rings. The van der Waals surface area contributed by atoms with E-state index in [1.165, 1.54) is 38.8 Å². The van der Waals surface area contributed by atoms with Gasteiger partial charge in [-0.2, -0.15) is 0 Å². The molecule has 1 nitrogen and oxygen atoms in total. The number of aromatic nitrogens is 1. The fourth-order valence-corrected chi connectivity index (χ4v) is 3.65. The second-order valence-electron chi connectivity index (χ2n) is 5.70. The topological polar surface area (TPSA) is 12.9 Å².